The molecule has 0 N–H and O–H groups in total. The third-order valence-electron chi connectivity index (χ3n) is 0.982. The van der Waals surface area contributed by atoms with Crippen molar-refractivity contribution in [2.45, 2.75) is 20.8 Å². The molecule has 0 fully saturated rings. The summed E-state index contributed by atoms with van der Waals surface area (Å²) in [6.45, 7) is 6.19. The summed E-state index contributed by atoms with van der Waals surface area (Å²) in [7, 11) is 0. The van der Waals surface area contributed by atoms with Gasteiger partial charge in [-0.3, -0.25) is 12.6 Å². The first-order chi connectivity index (χ1) is 3.18. The highest BCUT2D eigenvalue weighted by atomic mass is 32.1. The molecule has 0 aliphatic heterocycles. The molecule has 0 unspecified atom stereocenters. The van der Waals surface area contributed by atoms with Gasteiger partial charge in [-0.25, -0.2) is 11.1 Å². The van der Waals surface area contributed by atoms with Crippen molar-refractivity contribution in [3.8, 4) is 0 Å². The minimum absolute atomic E-state index is 1.25. The van der Waals surface area contributed by atoms with E-state index in [0.29, 0.717) is 0 Å². The van der Waals surface area contributed by atoms with Crippen molar-refractivity contribution < 1.29 is 0 Å². The summed E-state index contributed by atoms with van der Waals surface area (Å²) in [5.41, 5.74) is 2.58. The van der Waals surface area contributed by atoms with E-state index in [4.69, 9.17) is 0 Å². The number of allylic oxidation sites excluding steroid dienone is 1. The molecule has 0 aromatic heterocycles. The van der Waals surface area contributed by atoms with Crippen molar-refractivity contribution in [1.29, 1.82) is 0 Å². The first kappa shape index (κ1) is 6.96. The van der Waals surface area contributed by atoms with Crippen LogP contribution in [-0.4, -0.2) is 0 Å². The smallest absolute Gasteiger partial charge is 0.0724 e. The van der Waals surface area contributed by atoms with Crippen LogP contribution in [0.4, 0.5) is 0 Å². The lowest BCUT2D eigenvalue weighted by Gasteiger charge is -2.06. The van der Waals surface area contributed by atoms with E-state index in [-0.39, 0.29) is 0 Å². The van der Waals surface area contributed by atoms with Crippen LogP contribution in [0.1, 0.15) is 20.8 Å². The van der Waals surface area contributed by atoms with Crippen LogP contribution in [0.25, 0.3) is 0 Å². The maximum Gasteiger partial charge on any atom is -0.0724 e. The summed E-state index contributed by atoms with van der Waals surface area (Å²) in [4.78, 5) is 0. The molecule has 0 radical (unpaired) electrons. The monoisotopic (exact) mass is 115 g/mol. The second-order valence-electron chi connectivity index (χ2n) is 1.81. The molecule has 0 saturated heterocycles. The van der Waals surface area contributed by atoms with Crippen LogP contribution in [-0.2, 0) is 0 Å². The van der Waals surface area contributed by atoms with Gasteiger partial charge in [-0.15, -0.1) is 13.8 Å². The molecule has 1 heteroatoms. The lowest BCUT2D eigenvalue weighted by atomic mass is 10.2. The maximum atomic E-state index is 3.97. The standard InChI is InChI=1S/C6H11S/c1-5(2)6(3)4-7/h4,7H,1-3H3/q-1. The minimum Gasteiger partial charge on any atom is -0.253 e. The van der Waals surface area contributed by atoms with E-state index in [2.05, 4.69) is 26.5 Å². The molecule has 0 aromatic carbocycles. The molecule has 0 aromatic rings. The molecule has 0 spiro atoms. The van der Waals surface area contributed by atoms with Gasteiger partial charge in [0, 0.05) is 0 Å². The van der Waals surface area contributed by atoms with Crippen LogP contribution >= 0.6 is 12.6 Å². The normalized spacial score (nSPS) is 8.00. The van der Waals surface area contributed by atoms with Crippen molar-refractivity contribution in [2.75, 3.05) is 0 Å². The van der Waals surface area contributed by atoms with Gasteiger partial charge in [-0.05, 0) is 0 Å². The van der Waals surface area contributed by atoms with E-state index >= 15 is 0 Å². The molecule has 0 aliphatic rings. The first-order valence-electron chi connectivity index (χ1n) is 2.30. The van der Waals surface area contributed by atoms with Crippen LogP contribution in [0.5, 0.6) is 0 Å². The van der Waals surface area contributed by atoms with Crippen LogP contribution in [0.2, 0.25) is 0 Å². The minimum atomic E-state index is 1.25. The van der Waals surface area contributed by atoms with Gasteiger partial charge in [-0.2, -0.15) is 5.75 Å². The predicted octanol–water partition coefficient (Wildman–Crippen LogP) is 2.43. The largest absolute Gasteiger partial charge is 0.253 e. The van der Waals surface area contributed by atoms with Crippen molar-refractivity contribution >= 4 is 12.6 Å². The zero-order valence-electron chi connectivity index (χ0n) is 5.02. The van der Waals surface area contributed by atoms with Crippen LogP contribution in [0, 0.1) is 5.75 Å². The van der Waals surface area contributed by atoms with Crippen molar-refractivity contribution in [3.63, 3.8) is 0 Å². The fraction of sp³-hybridized carbons (Fsp3) is 0.500. The summed E-state index contributed by atoms with van der Waals surface area (Å²) < 4.78 is 0. The third-order valence-corrected chi connectivity index (χ3v) is 1.37. The summed E-state index contributed by atoms with van der Waals surface area (Å²) in [6.07, 6.45) is 0. The highest BCUT2D eigenvalue weighted by Crippen LogP contribution is 2.06. The molecular weight excluding hydrogens is 104 g/mol. The molecule has 0 saturated carbocycles. The first-order valence-corrected chi connectivity index (χ1v) is 2.81. The van der Waals surface area contributed by atoms with Gasteiger partial charge >= 0.3 is 0 Å². The molecule has 0 bridgehead atoms. The van der Waals surface area contributed by atoms with Gasteiger partial charge in [-0.1, -0.05) is 6.92 Å². The van der Waals surface area contributed by atoms with Gasteiger partial charge in [0.2, 0.25) is 0 Å². The van der Waals surface area contributed by atoms with E-state index in [0.717, 1.165) is 0 Å². The Morgan fingerprint density at radius 2 is 1.71 bits per heavy atom. The fourth-order valence-corrected chi connectivity index (χ4v) is 0.387. The number of rotatable bonds is 1. The van der Waals surface area contributed by atoms with Gasteiger partial charge in [0.1, 0.15) is 0 Å². The summed E-state index contributed by atoms with van der Waals surface area (Å²) >= 11 is 3.97. The molecule has 0 amide bonds. The van der Waals surface area contributed by atoms with Crippen molar-refractivity contribution in [3.05, 3.63) is 16.9 Å². The summed E-state index contributed by atoms with van der Waals surface area (Å²) in [5.74, 6) is 1.81. The number of hydrogen-bond donors (Lipinski definition) is 1. The van der Waals surface area contributed by atoms with Gasteiger partial charge in [0.25, 0.3) is 0 Å². The molecule has 0 nitrogen and oxygen atoms in total. The number of hydrogen-bond acceptors (Lipinski definition) is 1. The third kappa shape index (κ3) is 2.63. The lowest BCUT2D eigenvalue weighted by molar-refractivity contribution is 1.29. The average Bonchev–Trinajstić information content (AvgIpc) is 1.65. The highest BCUT2D eigenvalue weighted by Gasteiger charge is 1.70. The molecular formula is C6H11S-. The molecule has 0 rings (SSSR count). The van der Waals surface area contributed by atoms with E-state index < -0.39 is 0 Å². The second kappa shape index (κ2) is 3.03. The van der Waals surface area contributed by atoms with E-state index in [1.165, 1.54) is 11.1 Å². The van der Waals surface area contributed by atoms with E-state index in [1.807, 2.05) is 12.7 Å². The quantitative estimate of drug-likeness (QED) is 0.394. The number of thiol groups is 1. The highest BCUT2D eigenvalue weighted by molar-refractivity contribution is 7.82. The molecule has 0 aliphatic carbocycles. The molecule has 42 valence electrons. The van der Waals surface area contributed by atoms with E-state index in [1.54, 1.807) is 0 Å². The molecule has 0 heterocycles. The molecule has 0 atom stereocenters. The summed E-state index contributed by atoms with van der Waals surface area (Å²) in [6, 6.07) is 0. The van der Waals surface area contributed by atoms with Gasteiger partial charge in [0.05, 0.1) is 0 Å². The SMILES string of the molecule is CC(C)=C(C)[CH-]S. The zero-order valence-corrected chi connectivity index (χ0v) is 5.92. The average molecular weight is 115 g/mol. The van der Waals surface area contributed by atoms with E-state index in [9.17, 15) is 0 Å². The molecule has 7 heavy (non-hydrogen) atoms. The lowest BCUT2D eigenvalue weighted by Crippen LogP contribution is -1.72. The summed E-state index contributed by atoms with van der Waals surface area (Å²) in [5, 5.41) is 0. The van der Waals surface area contributed by atoms with Crippen molar-refractivity contribution in [2.24, 2.45) is 0 Å². The predicted molar refractivity (Wildman–Crippen MR) is 37.3 cm³/mol. The maximum absolute atomic E-state index is 3.97. The Bertz CT molecular complexity index is 78.2. The Hall–Kier alpha value is -0.0400. The second-order valence-corrected chi connectivity index (χ2v) is 2.07. The van der Waals surface area contributed by atoms with Crippen LogP contribution < -0.4 is 0 Å². The fourth-order valence-electron chi connectivity index (χ4n) is 0.129. The van der Waals surface area contributed by atoms with Crippen molar-refractivity contribution in [1.82, 2.24) is 0 Å². The Morgan fingerprint density at radius 3 is 1.71 bits per heavy atom. The topological polar surface area (TPSA) is 0 Å². The van der Waals surface area contributed by atoms with Crippen LogP contribution in [0.3, 0.4) is 0 Å². The Balaban J connectivity index is 3.72. The van der Waals surface area contributed by atoms with Gasteiger partial charge in [0.15, 0.2) is 0 Å². The zero-order chi connectivity index (χ0) is 5.86. The van der Waals surface area contributed by atoms with Crippen LogP contribution in [0.15, 0.2) is 11.1 Å². The Labute approximate surface area is 51.0 Å². The van der Waals surface area contributed by atoms with Gasteiger partial charge < -0.3 is 0 Å². The Morgan fingerprint density at radius 1 is 1.29 bits per heavy atom. The Kier molecular flexibility index (Phi) is 3.01.